The second-order valence-corrected chi connectivity index (χ2v) is 8.24. The number of carbonyl (C=O) groups excluding carboxylic acids is 2. The maximum absolute atomic E-state index is 13.0. The highest BCUT2D eigenvalue weighted by Crippen LogP contribution is 2.28. The van der Waals surface area contributed by atoms with Crippen molar-refractivity contribution in [2.45, 2.75) is 20.4 Å². The molecule has 2 N–H and O–H groups in total. The van der Waals surface area contributed by atoms with Crippen LogP contribution in [0.4, 0.5) is 15.8 Å². The Hall–Kier alpha value is -3.85. The van der Waals surface area contributed by atoms with Crippen LogP contribution < -0.4 is 16.2 Å². The topological polar surface area (TPSA) is 93.1 Å². The van der Waals surface area contributed by atoms with Gasteiger partial charge in [-0.3, -0.25) is 19.0 Å². The highest BCUT2D eigenvalue weighted by Gasteiger charge is 2.20. The Morgan fingerprint density at radius 1 is 1.06 bits per heavy atom. The number of amides is 2. The van der Waals surface area contributed by atoms with Gasteiger partial charge in [-0.1, -0.05) is 18.2 Å². The fourth-order valence-corrected chi connectivity index (χ4v) is 4.30. The summed E-state index contributed by atoms with van der Waals surface area (Å²) in [5, 5.41) is 5.79. The van der Waals surface area contributed by atoms with Crippen molar-refractivity contribution in [2.24, 2.45) is 0 Å². The Bertz CT molecular complexity index is 1390. The van der Waals surface area contributed by atoms with Crippen LogP contribution in [-0.4, -0.2) is 21.4 Å². The lowest BCUT2D eigenvalue weighted by atomic mass is 10.2. The van der Waals surface area contributed by atoms with Crippen LogP contribution in [0.3, 0.4) is 0 Å². The smallest absolute Gasteiger partial charge is 0.266 e. The van der Waals surface area contributed by atoms with E-state index in [1.807, 2.05) is 25.1 Å². The molecule has 0 radical (unpaired) electrons. The van der Waals surface area contributed by atoms with Crippen LogP contribution in [0.2, 0.25) is 0 Å². The monoisotopic (exact) mass is 450 g/mol. The SMILES string of the molecule is Cc1ccccc1NC(=O)c1sc2ncn(CC(=O)Nc3ccc(F)cc3)c(=O)c2c1C. The standard InChI is InChI=1S/C23H19FN4O3S/c1-13-5-3-4-6-17(13)27-21(30)20-14(2)19-22(32-20)25-12-28(23(19)31)11-18(29)26-16-9-7-15(24)8-10-16/h3-10,12H,11H2,1-2H3,(H,26,29)(H,27,30). The molecule has 0 unspecified atom stereocenters. The van der Waals surface area contributed by atoms with Crippen LogP contribution in [-0.2, 0) is 11.3 Å². The summed E-state index contributed by atoms with van der Waals surface area (Å²) in [6, 6.07) is 12.7. The summed E-state index contributed by atoms with van der Waals surface area (Å²) >= 11 is 1.13. The summed E-state index contributed by atoms with van der Waals surface area (Å²) in [5.74, 6) is -1.19. The number of aryl methyl sites for hydroxylation is 2. The van der Waals surface area contributed by atoms with Crippen molar-refractivity contribution in [1.82, 2.24) is 9.55 Å². The van der Waals surface area contributed by atoms with Gasteiger partial charge < -0.3 is 10.6 Å². The second kappa shape index (κ2) is 8.72. The molecule has 7 nitrogen and oxygen atoms in total. The van der Waals surface area contributed by atoms with Gasteiger partial charge in [-0.05, 0) is 55.3 Å². The van der Waals surface area contributed by atoms with E-state index in [1.165, 1.54) is 35.2 Å². The fraction of sp³-hybridized carbons (Fsp3) is 0.130. The zero-order chi connectivity index (χ0) is 22.8. The number of anilines is 2. The van der Waals surface area contributed by atoms with E-state index in [2.05, 4.69) is 15.6 Å². The lowest BCUT2D eigenvalue weighted by Crippen LogP contribution is -2.28. The minimum Gasteiger partial charge on any atom is -0.325 e. The van der Waals surface area contributed by atoms with Crippen molar-refractivity contribution in [3.05, 3.63) is 87.0 Å². The summed E-state index contributed by atoms with van der Waals surface area (Å²) in [6.07, 6.45) is 1.29. The van der Waals surface area contributed by atoms with Gasteiger partial charge in [0.1, 0.15) is 17.2 Å². The summed E-state index contributed by atoms with van der Waals surface area (Å²) in [4.78, 5) is 43.3. The maximum Gasteiger partial charge on any atom is 0.266 e. The fourth-order valence-electron chi connectivity index (χ4n) is 3.27. The van der Waals surface area contributed by atoms with Crippen molar-refractivity contribution in [1.29, 1.82) is 0 Å². The normalized spacial score (nSPS) is 10.8. The van der Waals surface area contributed by atoms with E-state index in [0.717, 1.165) is 16.9 Å². The first-order chi connectivity index (χ1) is 15.3. The first-order valence-corrected chi connectivity index (χ1v) is 10.6. The molecule has 0 aliphatic carbocycles. The molecular formula is C23H19FN4O3S. The molecule has 2 aromatic heterocycles. The van der Waals surface area contributed by atoms with E-state index in [1.54, 1.807) is 13.0 Å². The summed E-state index contributed by atoms with van der Waals surface area (Å²) in [5.41, 5.74) is 2.14. The zero-order valence-corrected chi connectivity index (χ0v) is 18.1. The number of hydrogen-bond acceptors (Lipinski definition) is 5. The third-order valence-electron chi connectivity index (χ3n) is 4.96. The summed E-state index contributed by atoms with van der Waals surface area (Å²) < 4.78 is 14.2. The summed E-state index contributed by atoms with van der Waals surface area (Å²) in [7, 11) is 0. The Kier molecular flexibility index (Phi) is 5.83. The number of thiophene rings is 1. The molecule has 2 aromatic carbocycles. The van der Waals surface area contributed by atoms with E-state index < -0.39 is 17.3 Å². The van der Waals surface area contributed by atoms with E-state index in [-0.39, 0.29) is 12.5 Å². The van der Waals surface area contributed by atoms with Gasteiger partial charge in [0.05, 0.1) is 16.6 Å². The van der Waals surface area contributed by atoms with Crippen molar-refractivity contribution in [3.8, 4) is 0 Å². The van der Waals surface area contributed by atoms with Gasteiger partial charge in [-0.15, -0.1) is 11.3 Å². The highest BCUT2D eigenvalue weighted by atomic mass is 32.1. The average Bonchev–Trinajstić information content (AvgIpc) is 3.11. The van der Waals surface area contributed by atoms with Crippen LogP contribution in [0.5, 0.6) is 0 Å². The van der Waals surface area contributed by atoms with E-state index in [9.17, 15) is 18.8 Å². The Labute approximate surface area is 186 Å². The molecule has 0 aliphatic heterocycles. The molecule has 4 rings (SSSR count). The van der Waals surface area contributed by atoms with Crippen molar-refractivity contribution >= 4 is 44.7 Å². The van der Waals surface area contributed by atoms with Crippen LogP contribution in [0, 0.1) is 19.7 Å². The number of benzene rings is 2. The third kappa shape index (κ3) is 4.28. The van der Waals surface area contributed by atoms with Gasteiger partial charge in [0, 0.05) is 11.4 Å². The predicted molar refractivity (Wildman–Crippen MR) is 123 cm³/mol. The third-order valence-corrected chi connectivity index (χ3v) is 6.16. The lowest BCUT2D eigenvalue weighted by molar-refractivity contribution is -0.116. The molecule has 0 fully saturated rings. The van der Waals surface area contributed by atoms with E-state index in [0.29, 0.717) is 32.0 Å². The maximum atomic E-state index is 13.0. The molecule has 9 heteroatoms. The average molecular weight is 450 g/mol. The number of halogens is 1. The van der Waals surface area contributed by atoms with Crippen molar-refractivity contribution < 1.29 is 14.0 Å². The summed E-state index contributed by atoms with van der Waals surface area (Å²) in [6.45, 7) is 3.32. The molecule has 4 aromatic rings. The van der Waals surface area contributed by atoms with Gasteiger partial charge in [0.25, 0.3) is 11.5 Å². The quantitative estimate of drug-likeness (QED) is 0.479. The number of nitrogens with zero attached hydrogens (tertiary/aromatic N) is 2. The molecule has 0 aliphatic rings. The van der Waals surface area contributed by atoms with Crippen LogP contribution in [0.25, 0.3) is 10.2 Å². The van der Waals surface area contributed by atoms with Gasteiger partial charge in [-0.2, -0.15) is 0 Å². The minimum atomic E-state index is -0.453. The molecule has 2 heterocycles. The van der Waals surface area contributed by atoms with Crippen LogP contribution >= 0.6 is 11.3 Å². The molecule has 0 bridgehead atoms. The van der Waals surface area contributed by atoms with Crippen molar-refractivity contribution in [3.63, 3.8) is 0 Å². The largest absolute Gasteiger partial charge is 0.325 e. The first kappa shape index (κ1) is 21.4. The molecule has 0 saturated carbocycles. The highest BCUT2D eigenvalue weighted by molar-refractivity contribution is 7.20. The molecular weight excluding hydrogens is 431 g/mol. The molecule has 162 valence electrons. The van der Waals surface area contributed by atoms with Gasteiger partial charge in [0.2, 0.25) is 5.91 Å². The number of aromatic nitrogens is 2. The number of nitrogens with one attached hydrogen (secondary N) is 2. The van der Waals surface area contributed by atoms with Gasteiger partial charge in [0.15, 0.2) is 0 Å². The zero-order valence-electron chi connectivity index (χ0n) is 17.3. The van der Waals surface area contributed by atoms with Gasteiger partial charge in [-0.25, -0.2) is 9.37 Å². The van der Waals surface area contributed by atoms with Crippen LogP contribution in [0.15, 0.2) is 59.7 Å². The number of para-hydroxylation sites is 1. The Morgan fingerprint density at radius 3 is 2.50 bits per heavy atom. The Morgan fingerprint density at radius 2 is 1.78 bits per heavy atom. The number of fused-ring (bicyclic) bond motifs is 1. The van der Waals surface area contributed by atoms with Gasteiger partial charge >= 0.3 is 0 Å². The molecule has 2 amide bonds. The predicted octanol–water partition coefficient (Wildman–Crippen LogP) is 4.10. The lowest BCUT2D eigenvalue weighted by Gasteiger charge is -2.08. The van der Waals surface area contributed by atoms with Crippen molar-refractivity contribution in [2.75, 3.05) is 10.6 Å². The Balaban J connectivity index is 1.58. The molecule has 0 atom stereocenters. The first-order valence-electron chi connectivity index (χ1n) is 9.74. The number of carbonyl (C=O) groups is 2. The van der Waals surface area contributed by atoms with E-state index >= 15 is 0 Å². The molecule has 0 spiro atoms. The molecule has 0 saturated heterocycles. The number of hydrogen-bond donors (Lipinski definition) is 2. The molecule has 32 heavy (non-hydrogen) atoms. The minimum absolute atomic E-state index is 0.265. The second-order valence-electron chi connectivity index (χ2n) is 7.24. The van der Waals surface area contributed by atoms with E-state index in [4.69, 9.17) is 0 Å². The number of rotatable bonds is 5. The van der Waals surface area contributed by atoms with Crippen LogP contribution in [0.1, 0.15) is 20.8 Å².